The van der Waals surface area contributed by atoms with Crippen LogP contribution in [0.3, 0.4) is 0 Å². The molecule has 4 aromatic carbocycles. The first-order chi connectivity index (χ1) is 23.0. The molecule has 4 aromatic rings. The van der Waals surface area contributed by atoms with Crippen molar-refractivity contribution < 1.29 is 28.7 Å². The number of benzene rings is 4. The molecule has 2 atom stereocenters. The first-order valence-corrected chi connectivity index (χ1v) is 16.6. The van der Waals surface area contributed by atoms with E-state index in [1.165, 1.54) is 7.11 Å². The summed E-state index contributed by atoms with van der Waals surface area (Å²) in [5.41, 5.74) is 4.01. The van der Waals surface area contributed by atoms with Crippen LogP contribution >= 0.6 is 11.8 Å². The van der Waals surface area contributed by atoms with E-state index in [1.807, 2.05) is 84.9 Å². The molecule has 244 valence electrons. The molecular weight excluding hydrogens is 612 g/mol. The summed E-state index contributed by atoms with van der Waals surface area (Å²) < 4.78 is 9.73. The van der Waals surface area contributed by atoms with Crippen molar-refractivity contribution in [2.24, 2.45) is 0 Å². The summed E-state index contributed by atoms with van der Waals surface area (Å²) in [6.07, 6.45) is 1.09. The van der Waals surface area contributed by atoms with Crippen LogP contribution in [0.4, 0.5) is 4.79 Å². The molecule has 4 rings (SSSR count). The monoisotopic (exact) mass is 652 g/mol. The van der Waals surface area contributed by atoms with E-state index in [4.69, 9.17) is 9.47 Å². The van der Waals surface area contributed by atoms with Gasteiger partial charge in [-0.25, -0.2) is 9.59 Å². The van der Waals surface area contributed by atoms with Crippen LogP contribution in [0.2, 0.25) is 0 Å². The van der Waals surface area contributed by atoms with Crippen molar-refractivity contribution in [1.29, 1.82) is 0 Å². The Morgan fingerprint density at radius 1 is 0.723 bits per heavy atom. The van der Waals surface area contributed by atoms with E-state index in [2.05, 4.69) is 47.0 Å². The fourth-order valence-electron chi connectivity index (χ4n) is 5.34. The number of unbranched alkanes of at least 4 members (excludes halogenated alkanes) is 1. The van der Waals surface area contributed by atoms with Gasteiger partial charge in [0.15, 0.2) is 0 Å². The summed E-state index contributed by atoms with van der Waals surface area (Å²) in [4.78, 5) is 50.1. The topological polar surface area (TPSA) is 111 Å². The van der Waals surface area contributed by atoms with E-state index in [1.54, 1.807) is 11.8 Å². The van der Waals surface area contributed by atoms with Crippen molar-refractivity contribution in [3.63, 3.8) is 0 Å². The molecule has 0 heterocycles. The molecule has 47 heavy (non-hydrogen) atoms. The number of amides is 2. The lowest BCUT2D eigenvalue weighted by molar-refractivity contribution is -0.145. The molecule has 2 N–H and O–H groups in total. The molecular formula is C38H40N2O6S. The Kier molecular flexibility index (Phi) is 13.6. The minimum Gasteiger partial charge on any atom is -0.467 e. The molecule has 0 spiro atoms. The lowest BCUT2D eigenvalue weighted by Crippen LogP contribution is -2.52. The van der Waals surface area contributed by atoms with Crippen LogP contribution in [0, 0.1) is 0 Å². The molecule has 0 aliphatic carbocycles. The number of hydrogen-bond donors (Lipinski definition) is 2. The zero-order valence-electron chi connectivity index (χ0n) is 26.4. The highest BCUT2D eigenvalue weighted by atomic mass is 32.2. The maximum absolute atomic E-state index is 13.7. The van der Waals surface area contributed by atoms with Crippen LogP contribution in [0.15, 0.2) is 121 Å². The number of ether oxygens (including phenoxy) is 2. The van der Waals surface area contributed by atoms with Crippen LogP contribution in [0.1, 0.15) is 47.9 Å². The van der Waals surface area contributed by atoms with Gasteiger partial charge in [0.05, 0.1) is 11.9 Å². The average molecular weight is 653 g/mol. The van der Waals surface area contributed by atoms with Gasteiger partial charge in [0.1, 0.15) is 25.0 Å². The molecule has 0 radical (unpaired) electrons. The number of carbonyl (C=O) groups excluding carboxylic acids is 4. The molecule has 0 bridgehead atoms. The standard InChI is InChI=1S/C38H40N2O6S/c1-45-36(43)34(24-14-15-26-41)39-35(42)33(40-37(44)46-28-29-16-6-2-7-17-29)25-27-47-38(30-18-8-3-9-19-30,31-20-10-4-11-21-31)32-22-12-5-13-23-32/h2-13,16-23,26,33-34H,14-15,24-25,27-28H2,1H3,(H,39,42)(H,40,44)/t33-,34-/m0/s1. The number of esters is 1. The summed E-state index contributed by atoms with van der Waals surface area (Å²) >= 11 is 1.66. The Labute approximate surface area is 280 Å². The predicted molar refractivity (Wildman–Crippen MR) is 184 cm³/mol. The van der Waals surface area contributed by atoms with Gasteiger partial charge in [0.25, 0.3) is 0 Å². The van der Waals surface area contributed by atoms with Gasteiger partial charge in [-0.05, 0) is 47.3 Å². The lowest BCUT2D eigenvalue weighted by atomic mass is 9.84. The van der Waals surface area contributed by atoms with Gasteiger partial charge in [0, 0.05) is 6.42 Å². The Bertz CT molecular complexity index is 1460. The number of hydrogen-bond acceptors (Lipinski definition) is 7. The Morgan fingerprint density at radius 3 is 1.72 bits per heavy atom. The highest BCUT2D eigenvalue weighted by Crippen LogP contribution is 2.48. The van der Waals surface area contributed by atoms with Crippen molar-refractivity contribution in [3.05, 3.63) is 144 Å². The molecule has 0 saturated heterocycles. The average Bonchev–Trinajstić information content (AvgIpc) is 3.13. The maximum atomic E-state index is 13.7. The zero-order chi connectivity index (χ0) is 33.3. The van der Waals surface area contributed by atoms with Crippen molar-refractivity contribution >= 4 is 36.0 Å². The first kappa shape index (κ1) is 35.0. The Hall–Kier alpha value is -4.89. The SMILES string of the molecule is COC(=O)[C@H](CCCC=O)NC(=O)[C@H](CCSC(c1ccccc1)(c1ccccc1)c1ccccc1)NC(=O)OCc1ccccc1. The molecule has 8 nitrogen and oxygen atoms in total. The van der Waals surface area contributed by atoms with Gasteiger partial charge >= 0.3 is 12.1 Å². The van der Waals surface area contributed by atoms with Crippen molar-refractivity contribution in [3.8, 4) is 0 Å². The zero-order valence-corrected chi connectivity index (χ0v) is 27.2. The van der Waals surface area contributed by atoms with Gasteiger partial charge in [-0.15, -0.1) is 11.8 Å². The van der Waals surface area contributed by atoms with E-state index in [0.717, 1.165) is 28.5 Å². The lowest BCUT2D eigenvalue weighted by Gasteiger charge is -2.36. The third-order valence-corrected chi connectivity index (χ3v) is 9.28. The molecule has 0 aromatic heterocycles. The molecule has 2 amide bonds. The van der Waals surface area contributed by atoms with E-state index in [9.17, 15) is 19.2 Å². The van der Waals surface area contributed by atoms with Gasteiger partial charge < -0.3 is 24.9 Å². The van der Waals surface area contributed by atoms with Gasteiger partial charge in [-0.1, -0.05) is 121 Å². The van der Waals surface area contributed by atoms with Crippen LogP contribution in [-0.4, -0.2) is 49.2 Å². The second-order valence-electron chi connectivity index (χ2n) is 10.9. The number of aldehydes is 1. The molecule has 0 saturated carbocycles. The van der Waals surface area contributed by atoms with E-state index >= 15 is 0 Å². The van der Waals surface area contributed by atoms with E-state index in [0.29, 0.717) is 12.2 Å². The second kappa shape index (κ2) is 18.3. The van der Waals surface area contributed by atoms with Crippen molar-refractivity contribution in [1.82, 2.24) is 10.6 Å². The minimum absolute atomic E-state index is 0.0331. The number of thioether (sulfide) groups is 1. The maximum Gasteiger partial charge on any atom is 0.408 e. The molecule has 0 fully saturated rings. The third kappa shape index (κ3) is 9.80. The van der Waals surface area contributed by atoms with E-state index < -0.39 is 34.8 Å². The third-order valence-electron chi connectivity index (χ3n) is 7.70. The van der Waals surface area contributed by atoms with Crippen molar-refractivity contribution in [2.45, 2.75) is 49.1 Å². The molecule has 0 aliphatic heterocycles. The number of rotatable bonds is 17. The van der Waals surface area contributed by atoms with Crippen LogP contribution in [0.25, 0.3) is 0 Å². The predicted octanol–water partition coefficient (Wildman–Crippen LogP) is 6.42. The minimum atomic E-state index is -1.02. The van der Waals surface area contributed by atoms with Gasteiger partial charge in [-0.2, -0.15) is 0 Å². The molecule has 9 heteroatoms. The highest BCUT2D eigenvalue weighted by molar-refractivity contribution is 8.00. The fraction of sp³-hybridized carbons (Fsp3) is 0.263. The summed E-state index contributed by atoms with van der Waals surface area (Å²) in [5.74, 6) is -0.724. The summed E-state index contributed by atoms with van der Waals surface area (Å²) in [7, 11) is 1.24. The van der Waals surface area contributed by atoms with Crippen LogP contribution in [0.5, 0.6) is 0 Å². The summed E-state index contributed by atoms with van der Waals surface area (Å²) in [5, 5.41) is 5.47. The normalized spacial score (nSPS) is 12.3. The number of carbonyl (C=O) groups is 4. The smallest absolute Gasteiger partial charge is 0.408 e. The first-order valence-electron chi connectivity index (χ1n) is 15.6. The fourth-order valence-corrected chi connectivity index (χ4v) is 6.91. The van der Waals surface area contributed by atoms with Gasteiger partial charge in [0.2, 0.25) is 5.91 Å². The second-order valence-corrected chi connectivity index (χ2v) is 12.2. The molecule has 0 unspecified atom stereocenters. The number of alkyl carbamates (subject to hydrolysis) is 1. The summed E-state index contributed by atoms with van der Waals surface area (Å²) in [6.45, 7) is 0.0331. The Morgan fingerprint density at radius 2 is 1.23 bits per heavy atom. The van der Waals surface area contributed by atoms with Gasteiger partial charge in [-0.3, -0.25) is 4.79 Å². The highest BCUT2D eigenvalue weighted by Gasteiger charge is 2.37. The van der Waals surface area contributed by atoms with Crippen LogP contribution in [-0.2, 0) is 35.2 Å². The van der Waals surface area contributed by atoms with Crippen LogP contribution < -0.4 is 10.6 Å². The summed E-state index contributed by atoms with van der Waals surface area (Å²) in [6, 6.07) is 37.8. The number of methoxy groups -OCH3 is 1. The number of nitrogens with one attached hydrogen (secondary N) is 2. The van der Waals surface area contributed by atoms with E-state index in [-0.39, 0.29) is 25.9 Å². The quantitative estimate of drug-likeness (QED) is 0.0586. The Balaban J connectivity index is 1.60. The largest absolute Gasteiger partial charge is 0.467 e. The van der Waals surface area contributed by atoms with Crippen molar-refractivity contribution in [2.75, 3.05) is 12.9 Å². The molecule has 0 aliphatic rings.